The summed E-state index contributed by atoms with van der Waals surface area (Å²) >= 11 is 0. The molecule has 0 amide bonds. The number of anilines is 2. The highest BCUT2D eigenvalue weighted by Crippen LogP contribution is 2.09. The van der Waals surface area contributed by atoms with Crippen molar-refractivity contribution in [3.05, 3.63) is 12.3 Å². The molecule has 1 aromatic heterocycles. The van der Waals surface area contributed by atoms with E-state index in [0.29, 0.717) is 12.5 Å². The minimum atomic E-state index is 0.273. The SMILES string of the molecule is CCC(CN)Nc1ccnc(N(C)C)n1. The summed E-state index contributed by atoms with van der Waals surface area (Å²) in [6.45, 7) is 2.70. The molecule has 1 aromatic rings. The van der Waals surface area contributed by atoms with Gasteiger partial charge in [0.2, 0.25) is 5.95 Å². The highest BCUT2D eigenvalue weighted by molar-refractivity contribution is 5.41. The van der Waals surface area contributed by atoms with Gasteiger partial charge in [0.1, 0.15) is 5.82 Å². The summed E-state index contributed by atoms with van der Waals surface area (Å²) in [5.74, 6) is 1.53. The third-order valence-corrected chi connectivity index (χ3v) is 2.17. The van der Waals surface area contributed by atoms with Gasteiger partial charge in [-0.1, -0.05) is 6.92 Å². The largest absolute Gasteiger partial charge is 0.366 e. The zero-order valence-corrected chi connectivity index (χ0v) is 9.57. The number of nitrogens with one attached hydrogen (secondary N) is 1. The van der Waals surface area contributed by atoms with Crippen LogP contribution >= 0.6 is 0 Å². The summed E-state index contributed by atoms with van der Waals surface area (Å²) < 4.78 is 0. The van der Waals surface area contributed by atoms with E-state index in [2.05, 4.69) is 22.2 Å². The number of nitrogens with two attached hydrogens (primary N) is 1. The number of hydrogen-bond acceptors (Lipinski definition) is 5. The third kappa shape index (κ3) is 3.36. The van der Waals surface area contributed by atoms with Crippen LogP contribution in [-0.2, 0) is 0 Å². The summed E-state index contributed by atoms with van der Waals surface area (Å²) in [5, 5.41) is 3.27. The van der Waals surface area contributed by atoms with Crippen LogP contribution in [0.2, 0.25) is 0 Å². The molecule has 0 fully saturated rings. The van der Waals surface area contributed by atoms with E-state index in [0.717, 1.165) is 12.2 Å². The minimum absolute atomic E-state index is 0.273. The molecule has 5 heteroatoms. The van der Waals surface area contributed by atoms with Crippen molar-refractivity contribution in [2.24, 2.45) is 5.73 Å². The predicted molar refractivity (Wildman–Crippen MR) is 63.1 cm³/mol. The predicted octanol–water partition coefficient (Wildman–Crippen LogP) is 0.692. The first-order valence-electron chi connectivity index (χ1n) is 5.14. The molecular weight excluding hydrogens is 190 g/mol. The van der Waals surface area contributed by atoms with Crippen molar-refractivity contribution in [1.29, 1.82) is 0 Å². The molecule has 3 N–H and O–H groups in total. The Kier molecular flexibility index (Phi) is 4.30. The van der Waals surface area contributed by atoms with Crippen molar-refractivity contribution < 1.29 is 0 Å². The molecule has 1 rings (SSSR count). The average molecular weight is 209 g/mol. The minimum Gasteiger partial charge on any atom is -0.366 e. The van der Waals surface area contributed by atoms with Gasteiger partial charge in [-0.15, -0.1) is 0 Å². The molecule has 84 valence electrons. The smallest absolute Gasteiger partial charge is 0.226 e. The van der Waals surface area contributed by atoms with Crippen LogP contribution in [0.1, 0.15) is 13.3 Å². The highest BCUT2D eigenvalue weighted by atomic mass is 15.2. The number of hydrogen-bond donors (Lipinski definition) is 2. The Morgan fingerprint density at radius 3 is 2.80 bits per heavy atom. The molecule has 15 heavy (non-hydrogen) atoms. The normalized spacial score (nSPS) is 12.3. The van der Waals surface area contributed by atoms with Crippen LogP contribution in [0.3, 0.4) is 0 Å². The van der Waals surface area contributed by atoms with Crippen molar-refractivity contribution in [2.75, 3.05) is 30.9 Å². The van der Waals surface area contributed by atoms with Crippen LogP contribution in [0, 0.1) is 0 Å². The topological polar surface area (TPSA) is 67.1 Å². The molecule has 0 radical (unpaired) electrons. The Labute approximate surface area is 90.7 Å². The first kappa shape index (κ1) is 11.7. The third-order valence-electron chi connectivity index (χ3n) is 2.17. The molecule has 0 aromatic carbocycles. The standard InChI is InChI=1S/C10H19N5/c1-4-8(7-11)13-9-5-6-12-10(14-9)15(2)3/h5-6,8H,4,7,11H2,1-3H3,(H,12,13,14). The van der Waals surface area contributed by atoms with Crippen LogP contribution in [0.25, 0.3) is 0 Å². The zero-order chi connectivity index (χ0) is 11.3. The highest BCUT2D eigenvalue weighted by Gasteiger charge is 2.05. The lowest BCUT2D eigenvalue weighted by Crippen LogP contribution is -2.28. The van der Waals surface area contributed by atoms with Crippen molar-refractivity contribution in [3.8, 4) is 0 Å². The van der Waals surface area contributed by atoms with Crippen molar-refractivity contribution in [3.63, 3.8) is 0 Å². The zero-order valence-electron chi connectivity index (χ0n) is 9.57. The van der Waals surface area contributed by atoms with Gasteiger partial charge < -0.3 is 16.0 Å². The fourth-order valence-corrected chi connectivity index (χ4v) is 1.18. The fourth-order valence-electron chi connectivity index (χ4n) is 1.18. The molecule has 0 saturated heterocycles. The van der Waals surface area contributed by atoms with Gasteiger partial charge >= 0.3 is 0 Å². The van der Waals surface area contributed by atoms with E-state index in [1.807, 2.05) is 25.1 Å². The summed E-state index contributed by atoms with van der Waals surface area (Å²) in [6.07, 6.45) is 2.73. The van der Waals surface area contributed by atoms with Gasteiger partial charge in [0.15, 0.2) is 0 Å². The van der Waals surface area contributed by atoms with E-state index in [-0.39, 0.29) is 6.04 Å². The molecule has 5 nitrogen and oxygen atoms in total. The van der Waals surface area contributed by atoms with E-state index < -0.39 is 0 Å². The maximum Gasteiger partial charge on any atom is 0.226 e. The van der Waals surface area contributed by atoms with Crippen LogP contribution < -0.4 is 16.0 Å². The van der Waals surface area contributed by atoms with E-state index in [9.17, 15) is 0 Å². The summed E-state index contributed by atoms with van der Waals surface area (Å²) in [7, 11) is 3.83. The van der Waals surface area contributed by atoms with E-state index in [4.69, 9.17) is 5.73 Å². The molecule has 0 saturated carbocycles. The molecule has 1 heterocycles. The van der Waals surface area contributed by atoms with E-state index in [1.54, 1.807) is 6.20 Å². The average Bonchev–Trinajstić information content (AvgIpc) is 2.26. The molecule has 1 atom stereocenters. The lowest BCUT2D eigenvalue weighted by Gasteiger charge is -2.16. The van der Waals surface area contributed by atoms with Crippen LogP contribution in [0.15, 0.2) is 12.3 Å². The quantitative estimate of drug-likeness (QED) is 0.747. The van der Waals surface area contributed by atoms with Gasteiger partial charge in [0.05, 0.1) is 0 Å². The molecule has 0 aliphatic rings. The second-order valence-corrected chi connectivity index (χ2v) is 3.62. The lowest BCUT2D eigenvalue weighted by atomic mass is 10.2. The number of aromatic nitrogens is 2. The lowest BCUT2D eigenvalue weighted by molar-refractivity contribution is 0.699. The van der Waals surface area contributed by atoms with Gasteiger partial charge in [-0.2, -0.15) is 4.98 Å². The van der Waals surface area contributed by atoms with Crippen LogP contribution in [-0.4, -0.2) is 36.6 Å². The molecule has 0 aliphatic carbocycles. The molecular formula is C10H19N5. The van der Waals surface area contributed by atoms with Crippen molar-refractivity contribution >= 4 is 11.8 Å². The maximum atomic E-state index is 5.61. The summed E-state index contributed by atoms with van der Waals surface area (Å²) in [5.41, 5.74) is 5.61. The number of nitrogens with zero attached hydrogens (tertiary/aromatic N) is 3. The Balaban J connectivity index is 2.72. The van der Waals surface area contributed by atoms with E-state index >= 15 is 0 Å². The maximum absolute atomic E-state index is 5.61. The van der Waals surface area contributed by atoms with Gasteiger partial charge in [0, 0.05) is 32.9 Å². The summed E-state index contributed by atoms with van der Waals surface area (Å²) in [4.78, 5) is 10.4. The van der Waals surface area contributed by atoms with Crippen molar-refractivity contribution in [1.82, 2.24) is 9.97 Å². The first-order chi connectivity index (χ1) is 7.17. The number of rotatable bonds is 5. The molecule has 0 spiro atoms. The Hall–Kier alpha value is -1.36. The molecule has 0 aliphatic heterocycles. The summed E-state index contributed by atoms with van der Waals surface area (Å²) in [6, 6.07) is 2.13. The molecule has 1 unspecified atom stereocenters. The van der Waals surface area contributed by atoms with Gasteiger partial charge in [-0.25, -0.2) is 4.98 Å². The van der Waals surface area contributed by atoms with Crippen LogP contribution in [0.4, 0.5) is 11.8 Å². The second-order valence-electron chi connectivity index (χ2n) is 3.62. The van der Waals surface area contributed by atoms with Crippen LogP contribution in [0.5, 0.6) is 0 Å². The van der Waals surface area contributed by atoms with Gasteiger partial charge in [0.25, 0.3) is 0 Å². The first-order valence-corrected chi connectivity index (χ1v) is 5.14. The van der Waals surface area contributed by atoms with E-state index in [1.165, 1.54) is 0 Å². The Morgan fingerprint density at radius 2 is 2.27 bits per heavy atom. The fraction of sp³-hybridized carbons (Fsp3) is 0.600. The monoisotopic (exact) mass is 209 g/mol. The van der Waals surface area contributed by atoms with Gasteiger partial charge in [-0.05, 0) is 12.5 Å². The van der Waals surface area contributed by atoms with Gasteiger partial charge in [-0.3, -0.25) is 0 Å². The molecule has 0 bridgehead atoms. The van der Waals surface area contributed by atoms with Crippen molar-refractivity contribution in [2.45, 2.75) is 19.4 Å². The Bertz CT molecular complexity index is 296. The Morgan fingerprint density at radius 1 is 1.53 bits per heavy atom. The second kappa shape index (κ2) is 5.50.